The standard InChI is InChI=1S/C25H37N5S.HI/c1-20(22-7-5-8-23(17-22)30-12-3-4-13-30)28-25(26-2)27-18-21-10-14-29(15-11-21)19-24-9-6-16-31-24;/h5-9,16-17,20-21H,3-4,10-15,18-19H2,1-2H3,(H2,26,27,28);1H. The first kappa shape index (κ1) is 25.3. The fraction of sp³-hybridized carbons (Fsp3) is 0.560. The van der Waals surface area contributed by atoms with E-state index in [-0.39, 0.29) is 30.0 Å². The molecule has 2 aromatic rings. The summed E-state index contributed by atoms with van der Waals surface area (Å²) in [7, 11) is 1.87. The number of nitrogens with zero attached hydrogens (tertiary/aromatic N) is 3. The van der Waals surface area contributed by atoms with Crippen LogP contribution in [0.25, 0.3) is 0 Å². The smallest absolute Gasteiger partial charge is 0.191 e. The minimum absolute atomic E-state index is 0. The van der Waals surface area contributed by atoms with Gasteiger partial charge in [-0.05, 0) is 80.8 Å². The second-order valence-electron chi connectivity index (χ2n) is 8.91. The lowest BCUT2D eigenvalue weighted by Crippen LogP contribution is -2.43. The zero-order chi connectivity index (χ0) is 21.5. The summed E-state index contributed by atoms with van der Waals surface area (Å²) in [5.41, 5.74) is 2.66. The average Bonchev–Trinajstić information content (AvgIpc) is 3.52. The Morgan fingerprint density at radius 2 is 1.91 bits per heavy atom. The third-order valence-corrected chi connectivity index (χ3v) is 7.50. The van der Waals surface area contributed by atoms with Crippen molar-refractivity contribution in [2.75, 3.05) is 44.7 Å². The van der Waals surface area contributed by atoms with Gasteiger partial charge in [0.05, 0.1) is 6.04 Å². The molecule has 0 bridgehead atoms. The van der Waals surface area contributed by atoms with Gasteiger partial charge in [0.15, 0.2) is 5.96 Å². The summed E-state index contributed by atoms with van der Waals surface area (Å²) >= 11 is 1.87. The molecule has 0 radical (unpaired) electrons. The Morgan fingerprint density at radius 3 is 2.59 bits per heavy atom. The highest BCUT2D eigenvalue weighted by atomic mass is 127. The highest BCUT2D eigenvalue weighted by molar-refractivity contribution is 14.0. The van der Waals surface area contributed by atoms with Gasteiger partial charge in [0.2, 0.25) is 0 Å². The van der Waals surface area contributed by atoms with E-state index >= 15 is 0 Å². The Hall–Kier alpha value is -1.32. The molecule has 0 aliphatic carbocycles. The van der Waals surface area contributed by atoms with Crippen LogP contribution in [-0.4, -0.2) is 50.6 Å². The molecule has 0 amide bonds. The van der Waals surface area contributed by atoms with Crippen LogP contribution in [0.5, 0.6) is 0 Å². The molecule has 7 heteroatoms. The molecule has 4 rings (SSSR count). The maximum atomic E-state index is 4.48. The highest BCUT2D eigenvalue weighted by Crippen LogP contribution is 2.24. The maximum Gasteiger partial charge on any atom is 0.191 e. The van der Waals surface area contributed by atoms with Crippen molar-refractivity contribution in [3.8, 4) is 0 Å². The van der Waals surface area contributed by atoms with E-state index in [9.17, 15) is 0 Å². The summed E-state index contributed by atoms with van der Waals surface area (Å²) in [6.45, 7) is 9.06. The summed E-state index contributed by atoms with van der Waals surface area (Å²) in [5, 5.41) is 9.35. The molecule has 5 nitrogen and oxygen atoms in total. The van der Waals surface area contributed by atoms with Crippen LogP contribution in [0.3, 0.4) is 0 Å². The van der Waals surface area contributed by atoms with Gasteiger partial charge in [-0.15, -0.1) is 35.3 Å². The number of piperidine rings is 1. The van der Waals surface area contributed by atoms with E-state index in [4.69, 9.17) is 0 Å². The Balaban J connectivity index is 0.00000289. The number of guanidine groups is 1. The van der Waals surface area contributed by atoms with Crippen LogP contribution in [-0.2, 0) is 6.54 Å². The predicted molar refractivity (Wildman–Crippen MR) is 149 cm³/mol. The number of likely N-dealkylation sites (tertiary alicyclic amines) is 1. The Morgan fingerprint density at radius 1 is 1.12 bits per heavy atom. The van der Waals surface area contributed by atoms with E-state index in [2.05, 4.69) is 74.1 Å². The van der Waals surface area contributed by atoms with Crippen molar-refractivity contribution < 1.29 is 0 Å². The van der Waals surface area contributed by atoms with Gasteiger partial charge < -0.3 is 15.5 Å². The molecule has 1 unspecified atom stereocenters. The number of hydrogen-bond acceptors (Lipinski definition) is 4. The third-order valence-electron chi connectivity index (χ3n) is 6.64. The number of thiophene rings is 1. The van der Waals surface area contributed by atoms with Crippen molar-refractivity contribution in [2.45, 2.75) is 45.2 Å². The molecule has 2 fully saturated rings. The van der Waals surface area contributed by atoms with Crippen molar-refractivity contribution in [3.05, 3.63) is 52.2 Å². The van der Waals surface area contributed by atoms with Crippen LogP contribution >= 0.6 is 35.3 Å². The quantitative estimate of drug-likeness (QED) is 0.278. The average molecular weight is 568 g/mol. The number of anilines is 1. The fourth-order valence-electron chi connectivity index (χ4n) is 4.66. The topological polar surface area (TPSA) is 42.9 Å². The molecule has 2 aliphatic heterocycles. The summed E-state index contributed by atoms with van der Waals surface area (Å²) in [4.78, 5) is 11.0. The van der Waals surface area contributed by atoms with Crippen LogP contribution in [0.4, 0.5) is 5.69 Å². The largest absolute Gasteiger partial charge is 0.372 e. The normalized spacial score (nSPS) is 18.9. The predicted octanol–water partition coefficient (Wildman–Crippen LogP) is 5.10. The number of aliphatic imine (C=N–C) groups is 1. The number of rotatable bonds is 7. The molecule has 176 valence electrons. The first-order valence-electron chi connectivity index (χ1n) is 11.8. The Labute approximate surface area is 214 Å². The summed E-state index contributed by atoms with van der Waals surface area (Å²) in [6.07, 6.45) is 5.12. The molecule has 2 saturated heterocycles. The van der Waals surface area contributed by atoms with Gasteiger partial charge in [0.1, 0.15) is 0 Å². The van der Waals surface area contributed by atoms with Gasteiger partial charge in [-0.3, -0.25) is 9.89 Å². The van der Waals surface area contributed by atoms with Crippen molar-refractivity contribution in [2.24, 2.45) is 10.9 Å². The molecule has 0 spiro atoms. The van der Waals surface area contributed by atoms with Gasteiger partial charge in [-0.2, -0.15) is 0 Å². The SMILES string of the molecule is CN=C(NCC1CCN(Cc2cccs2)CC1)NC(C)c1cccc(N2CCCC2)c1.I. The van der Waals surface area contributed by atoms with Crippen LogP contribution < -0.4 is 15.5 Å². The highest BCUT2D eigenvalue weighted by Gasteiger charge is 2.20. The lowest BCUT2D eigenvalue weighted by atomic mass is 9.97. The van der Waals surface area contributed by atoms with Crippen molar-refractivity contribution >= 4 is 47.0 Å². The molecular formula is C25H38IN5S. The van der Waals surface area contributed by atoms with Gasteiger partial charge in [-0.25, -0.2) is 0 Å². The van der Waals surface area contributed by atoms with Crippen LogP contribution in [0.1, 0.15) is 49.1 Å². The lowest BCUT2D eigenvalue weighted by Gasteiger charge is -2.32. The van der Waals surface area contributed by atoms with Gasteiger partial charge in [0, 0.05) is 43.8 Å². The summed E-state index contributed by atoms with van der Waals surface area (Å²) in [5.74, 6) is 1.62. The minimum Gasteiger partial charge on any atom is -0.372 e. The van der Waals surface area contributed by atoms with E-state index in [0.717, 1.165) is 19.0 Å². The van der Waals surface area contributed by atoms with Gasteiger partial charge in [0.25, 0.3) is 0 Å². The van der Waals surface area contributed by atoms with Gasteiger partial charge >= 0.3 is 0 Å². The summed E-state index contributed by atoms with van der Waals surface area (Å²) in [6, 6.07) is 13.6. The van der Waals surface area contributed by atoms with Crippen LogP contribution in [0.2, 0.25) is 0 Å². The minimum atomic E-state index is 0. The molecule has 1 atom stereocenters. The zero-order valence-corrected chi connectivity index (χ0v) is 22.6. The fourth-order valence-corrected chi connectivity index (χ4v) is 5.41. The number of nitrogens with one attached hydrogen (secondary N) is 2. The molecule has 32 heavy (non-hydrogen) atoms. The van der Waals surface area contributed by atoms with Crippen LogP contribution in [0, 0.1) is 5.92 Å². The molecule has 3 heterocycles. The number of halogens is 1. The van der Waals surface area contributed by atoms with E-state index in [1.807, 2.05) is 18.4 Å². The van der Waals surface area contributed by atoms with Crippen molar-refractivity contribution in [3.63, 3.8) is 0 Å². The van der Waals surface area contributed by atoms with E-state index in [1.165, 1.54) is 68.0 Å². The second kappa shape index (κ2) is 12.8. The number of hydrogen-bond donors (Lipinski definition) is 2. The zero-order valence-electron chi connectivity index (χ0n) is 19.4. The molecule has 2 aliphatic rings. The van der Waals surface area contributed by atoms with Crippen molar-refractivity contribution in [1.29, 1.82) is 0 Å². The van der Waals surface area contributed by atoms with Gasteiger partial charge in [-0.1, -0.05) is 18.2 Å². The third kappa shape index (κ3) is 7.09. The van der Waals surface area contributed by atoms with Crippen LogP contribution in [0.15, 0.2) is 46.8 Å². The number of benzene rings is 1. The Kier molecular flexibility index (Phi) is 10.1. The monoisotopic (exact) mass is 567 g/mol. The molecule has 1 aromatic carbocycles. The van der Waals surface area contributed by atoms with E-state index in [0.29, 0.717) is 5.92 Å². The first-order chi connectivity index (χ1) is 15.2. The van der Waals surface area contributed by atoms with E-state index < -0.39 is 0 Å². The Bertz CT molecular complexity index is 827. The molecular weight excluding hydrogens is 529 g/mol. The lowest BCUT2D eigenvalue weighted by molar-refractivity contribution is 0.179. The molecule has 2 N–H and O–H groups in total. The maximum absolute atomic E-state index is 4.48. The van der Waals surface area contributed by atoms with Crippen molar-refractivity contribution in [1.82, 2.24) is 15.5 Å². The second-order valence-corrected chi connectivity index (χ2v) is 9.94. The van der Waals surface area contributed by atoms with E-state index in [1.54, 1.807) is 0 Å². The molecule has 1 aromatic heterocycles. The first-order valence-corrected chi connectivity index (χ1v) is 12.7. The molecule has 0 saturated carbocycles. The summed E-state index contributed by atoms with van der Waals surface area (Å²) < 4.78 is 0.